The van der Waals surface area contributed by atoms with E-state index >= 15 is 0 Å². The molecule has 2 heterocycles. The number of Topliss-reactive ketones (excluding diaryl/α,β-unsaturated/α-hetero) is 1. The molecule has 1 spiro atoms. The molecular formula is C15H20N2O4S. The molecule has 22 heavy (non-hydrogen) atoms. The summed E-state index contributed by atoms with van der Waals surface area (Å²) < 4.78 is 33.2. The Hall–Kier alpha value is -1.28. The maximum Gasteiger partial charge on any atom is 0.245 e. The monoisotopic (exact) mass is 324 g/mol. The molecular weight excluding hydrogens is 304 g/mol. The Bertz CT molecular complexity index is 663. The summed E-state index contributed by atoms with van der Waals surface area (Å²) in [6.07, 6.45) is 1.30. The van der Waals surface area contributed by atoms with Crippen LogP contribution < -0.4 is 5.32 Å². The number of benzene rings is 1. The molecule has 0 atom stereocenters. The van der Waals surface area contributed by atoms with Crippen LogP contribution in [-0.2, 0) is 14.8 Å². The molecule has 1 N–H and O–H groups in total. The third-order valence-corrected chi connectivity index (χ3v) is 6.32. The van der Waals surface area contributed by atoms with Crippen LogP contribution in [0.15, 0.2) is 29.2 Å². The highest BCUT2D eigenvalue weighted by Crippen LogP contribution is 2.36. The normalized spacial score (nSPS) is 22.0. The molecule has 0 unspecified atom stereocenters. The van der Waals surface area contributed by atoms with Crippen molar-refractivity contribution in [3.05, 3.63) is 29.8 Å². The van der Waals surface area contributed by atoms with E-state index in [-0.39, 0.29) is 10.7 Å². The van der Waals surface area contributed by atoms with E-state index < -0.39 is 15.7 Å². The van der Waals surface area contributed by atoms with Gasteiger partial charge in [-0.2, -0.15) is 4.31 Å². The number of rotatable bonds is 3. The Morgan fingerprint density at radius 2 is 1.86 bits per heavy atom. The second kappa shape index (κ2) is 5.73. The van der Waals surface area contributed by atoms with E-state index in [2.05, 4.69) is 5.32 Å². The van der Waals surface area contributed by atoms with E-state index in [9.17, 15) is 13.2 Å². The first-order valence-electron chi connectivity index (χ1n) is 7.44. The van der Waals surface area contributed by atoms with Crippen molar-refractivity contribution >= 4 is 15.8 Å². The first kappa shape index (κ1) is 15.6. The van der Waals surface area contributed by atoms with Crippen LogP contribution in [0.2, 0.25) is 0 Å². The van der Waals surface area contributed by atoms with Gasteiger partial charge in [0.15, 0.2) is 5.78 Å². The summed E-state index contributed by atoms with van der Waals surface area (Å²) in [4.78, 5) is 11.5. The molecule has 2 fully saturated rings. The van der Waals surface area contributed by atoms with Gasteiger partial charge in [0.1, 0.15) is 5.72 Å². The summed E-state index contributed by atoms with van der Waals surface area (Å²) in [5.74, 6) is -0.0803. The van der Waals surface area contributed by atoms with Gasteiger partial charge in [-0.25, -0.2) is 8.42 Å². The molecule has 0 saturated carbocycles. The molecule has 0 aromatic heterocycles. The number of hydrogen-bond acceptors (Lipinski definition) is 5. The number of ketones is 1. The highest BCUT2D eigenvalue weighted by atomic mass is 32.2. The fraction of sp³-hybridized carbons (Fsp3) is 0.533. The summed E-state index contributed by atoms with van der Waals surface area (Å²) >= 11 is 0. The summed E-state index contributed by atoms with van der Waals surface area (Å²) in [5.41, 5.74) is -0.211. The fourth-order valence-corrected chi connectivity index (χ4v) is 4.86. The molecule has 2 aliphatic heterocycles. The van der Waals surface area contributed by atoms with Gasteiger partial charge in [-0.05, 0) is 32.1 Å². The molecule has 7 heteroatoms. The summed E-state index contributed by atoms with van der Waals surface area (Å²) in [7, 11) is -3.62. The predicted molar refractivity (Wildman–Crippen MR) is 81.1 cm³/mol. The third kappa shape index (κ3) is 2.58. The second-order valence-corrected chi connectivity index (χ2v) is 7.56. The zero-order valence-corrected chi connectivity index (χ0v) is 13.4. The second-order valence-electron chi connectivity index (χ2n) is 5.70. The Morgan fingerprint density at radius 3 is 2.45 bits per heavy atom. The minimum absolute atomic E-state index is 0.0803. The van der Waals surface area contributed by atoms with Gasteiger partial charge in [-0.3, -0.25) is 4.79 Å². The van der Waals surface area contributed by atoms with Gasteiger partial charge in [0.2, 0.25) is 10.0 Å². The maximum atomic E-state index is 12.9. The molecule has 1 aromatic rings. The highest BCUT2D eigenvalue weighted by Gasteiger charge is 2.49. The smallest absolute Gasteiger partial charge is 0.245 e. The summed E-state index contributed by atoms with van der Waals surface area (Å²) in [6, 6.07) is 6.11. The number of nitrogens with one attached hydrogen (secondary N) is 1. The van der Waals surface area contributed by atoms with E-state index in [0.29, 0.717) is 31.6 Å². The van der Waals surface area contributed by atoms with Crippen molar-refractivity contribution in [1.29, 1.82) is 0 Å². The Balaban J connectivity index is 1.93. The number of piperidine rings is 1. The number of hydrogen-bond donors (Lipinski definition) is 1. The third-order valence-electron chi connectivity index (χ3n) is 4.35. The molecule has 1 aromatic carbocycles. The lowest BCUT2D eigenvalue weighted by molar-refractivity contribution is -0.0704. The molecule has 0 radical (unpaired) electrons. The molecule has 0 aliphatic carbocycles. The quantitative estimate of drug-likeness (QED) is 0.839. The van der Waals surface area contributed by atoms with Gasteiger partial charge >= 0.3 is 0 Å². The molecule has 2 aliphatic rings. The van der Waals surface area contributed by atoms with Gasteiger partial charge in [0.05, 0.1) is 11.5 Å². The van der Waals surface area contributed by atoms with Gasteiger partial charge in [-0.1, -0.05) is 12.1 Å². The number of sulfonamides is 1. The molecule has 6 nitrogen and oxygen atoms in total. The van der Waals surface area contributed by atoms with E-state index in [1.54, 1.807) is 12.1 Å². The molecule has 120 valence electrons. The molecule has 0 amide bonds. The van der Waals surface area contributed by atoms with Crippen molar-refractivity contribution in [2.75, 3.05) is 26.2 Å². The Kier molecular flexibility index (Phi) is 4.07. The van der Waals surface area contributed by atoms with Crippen molar-refractivity contribution < 1.29 is 17.9 Å². The molecule has 3 rings (SSSR count). The van der Waals surface area contributed by atoms with Crippen LogP contribution in [0.5, 0.6) is 0 Å². The zero-order chi connectivity index (χ0) is 15.8. The number of ether oxygens (including phenoxy) is 1. The first-order valence-corrected chi connectivity index (χ1v) is 8.88. The topological polar surface area (TPSA) is 75.7 Å². The van der Waals surface area contributed by atoms with Crippen LogP contribution in [-0.4, -0.2) is 50.5 Å². The van der Waals surface area contributed by atoms with Gasteiger partial charge in [0.25, 0.3) is 0 Å². The maximum absolute atomic E-state index is 12.9. The van der Waals surface area contributed by atoms with Crippen LogP contribution in [0.1, 0.15) is 30.1 Å². The SMILES string of the molecule is CC(=O)c1ccc(S(=O)(=O)N2CCOC23CCNCC3)cc1. The van der Waals surface area contributed by atoms with Crippen molar-refractivity contribution in [3.8, 4) is 0 Å². The predicted octanol–water partition coefficient (Wildman–Crippen LogP) is 0.990. The Labute approximate surface area is 130 Å². The van der Waals surface area contributed by atoms with Crippen molar-refractivity contribution in [2.24, 2.45) is 0 Å². The van der Waals surface area contributed by atoms with E-state index in [1.165, 1.54) is 23.4 Å². The lowest BCUT2D eigenvalue weighted by atomic mass is 10.0. The average molecular weight is 324 g/mol. The summed E-state index contributed by atoms with van der Waals surface area (Å²) in [6.45, 7) is 3.74. The van der Waals surface area contributed by atoms with Crippen molar-refractivity contribution in [2.45, 2.75) is 30.4 Å². The number of nitrogens with zero attached hydrogens (tertiary/aromatic N) is 1. The molecule has 0 bridgehead atoms. The van der Waals surface area contributed by atoms with Crippen LogP contribution in [0.4, 0.5) is 0 Å². The minimum atomic E-state index is -3.62. The van der Waals surface area contributed by atoms with E-state index in [4.69, 9.17) is 4.74 Å². The fourth-order valence-electron chi connectivity index (χ4n) is 3.13. The van der Waals surface area contributed by atoms with Crippen LogP contribution in [0, 0.1) is 0 Å². The van der Waals surface area contributed by atoms with Crippen LogP contribution in [0.3, 0.4) is 0 Å². The lowest BCUT2D eigenvalue weighted by Gasteiger charge is -2.39. The van der Waals surface area contributed by atoms with Gasteiger partial charge in [-0.15, -0.1) is 0 Å². The van der Waals surface area contributed by atoms with Crippen molar-refractivity contribution in [1.82, 2.24) is 9.62 Å². The minimum Gasteiger partial charge on any atom is -0.358 e. The lowest BCUT2D eigenvalue weighted by Crippen LogP contribution is -2.53. The zero-order valence-electron chi connectivity index (χ0n) is 12.5. The first-order chi connectivity index (χ1) is 10.5. The number of carbonyl (C=O) groups is 1. The average Bonchev–Trinajstić information content (AvgIpc) is 2.92. The van der Waals surface area contributed by atoms with Gasteiger partial charge < -0.3 is 10.1 Å². The van der Waals surface area contributed by atoms with Crippen molar-refractivity contribution in [3.63, 3.8) is 0 Å². The summed E-state index contributed by atoms with van der Waals surface area (Å²) in [5, 5.41) is 3.23. The standard InChI is InChI=1S/C15H20N2O4S/c1-12(18)13-2-4-14(5-3-13)22(19,20)17-10-11-21-15(17)6-8-16-9-7-15/h2-5,16H,6-11H2,1H3. The largest absolute Gasteiger partial charge is 0.358 e. The van der Waals surface area contributed by atoms with E-state index in [0.717, 1.165) is 13.1 Å². The highest BCUT2D eigenvalue weighted by molar-refractivity contribution is 7.89. The van der Waals surface area contributed by atoms with Crippen LogP contribution >= 0.6 is 0 Å². The Morgan fingerprint density at radius 1 is 1.23 bits per heavy atom. The molecule has 2 saturated heterocycles. The van der Waals surface area contributed by atoms with Gasteiger partial charge in [0, 0.05) is 24.9 Å². The van der Waals surface area contributed by atoms with Crippen LogP contribution in [0.25, 0.3) is 0 Å². The number of carbonyl (C=O) groups excluding carboxylic acids is 1. The van der Waals surface area contributed by atoms with E-state index in [1.807, 2.05) is 0 Å².